The summed E-state index contributed by atoms with van der Waals surface area (Å²) in [5, 5.41) is 6.61. The second-order valence-corrected chi connectivity index (χ2v) is 4.42. The van der Waals surface area contributed by atoms with E-state index < -0.39 is 23.2 Å². The van der Waals surface area contributed by atoms with Crippen molar-refractivity contribution < 1.29 is 13.6 Å². The first kappa shape index (κ1) is 14.0. The normalized spacial score (nSPS) is 10.6. The Bertz CT molecular complexity index is 643. The Kier molecular flexibility index (Phi) is 3.69. The Balaban J connectivity index is 2.11. The summed E-state index contributed by atoms with van der Waals surface area (Å²) in [6.07, 6.45) is 1.62. The highest BCUT2D eigenvalue weighted by molar-refractivity contribution is 5.94. The number of aryl methyl sites for hydroxylation is 1. The average Bonchev–Trinajstić information content (AvgIpc) is 2.73. The van der Waals surface area contributed by atoms with Crippen LogP contribution >= 0.6 is 0 Å². The molecule has 0 saturated heterocycles. The summed E-state index contributed by atoms with van der Waals surface area (Å²) < 4.78 is 28.2. The van der Waals surface area contributed by atoms with Gasteiger partial charge in [0, 0.05) is 30.4 Å². The number of nitrogens with zero attached hydrogens (tertiary/aromatic N) is 2. The summed E-state index contributed by atoms with van der Waals surface area (Å²) in [4.78, 5) is 11.8. The van der Waals surface area contributed by atoms with Gasteiger partial charge in [-0.3, -0.25) is 9.48 Å². The maximum atomic E-state index is 13.3. The number of anilines is 1. The van der Waals surface area contributed by atoms with Crippen LogP contribution in [0.5, 0.6) is 0 Å². The number of aromatic nitrogens is 2. The van der Waals surface area contributed by atoms with Gasteiger partial charge in [-0.05, 0) is 19.1 Å². The first-order valence-corrected chi connectivity index (χ1v) is 5.90. The number of rotatable bonds is 3. The molecule has 0 aliphatic rings. The van der Waals surface area contributed by atoms with E-state index in [1.54, 1.807) is 17.9 Å². The van der Waals surface area contributed by atoms with Gasteiger partial charge in [-0.1, -0.05) is 0 Å². The molecule has 0 spiro atoms. The first-order chi connectivity index (χ1) is 9.40. The molecule has 1 amide bonds. The van der Waals surface area contributed by atoms with E-state index in [2.05, 4.69) is 10.4 Å². The molecule has 0 saturated carbocycles. The van der Waals surface area contributed by atoms with Crippen LogP contribution in [0.2, 0.25) is 0 Å². The van der Waals surface area contributed by atoms with E-state index in [1.807, 2.05) is 6.92 Å². The summed E-state index contributed by atoms with van der Waals surface area (Å²) in [5.41, 5.74) is 6.17. The third-order valence-corrected chi connectivity index (χ3v) is 3.12. The highest BCUT2D eigenvalue weighted by Gasteiger charge is 2.13. The van der Waals surface area contributed by atoms with Gasteiger partial charge in [0.1, 0.15) is 17.3 Å². The van der Waals surface area contributed by atoms with Crippen LogP contribution in [0.1, 0.15) is 21.6 Å². The number of carbonyl (C=O) groups excluding carboxylic acids is 1. The molecule has 0 radical (unpaired) electrons. The summed E-state index contributed by atoms with van der Waals surface area (Å²) in [7, 11) is 1.78. The van der Waals surface area contributed by atoms with Crippen molar-refractivity contribution in [2.24, 2.45) is 7.05 Å². The minimum atomic E-state index is -0.951. The van der Waals surface area contributed by atoms with Crippen molar-refractivity contribution in [3.8, 4) is 0 Å². The molecule has 106 valence electrons. The molecule has 1 heterocycles. The van der Waals surface area contributed by atoms with Crippen molar-refractivity contribution in [3.63, 3.8) is 0 Å². The van der Waals surface area contributed by atoms with Crippen LogP contribution in [-0.4, -0.2) is 15.7 Å². The molecule has 0 atom stereocenters. The van der Waals surface area contributed by atoms with Gasteiger partial charge >= 0.3 is 0 Å². The van der Waals surface area contributed by atoms with Crippen molar-refractivity contribution in [3.05, 3.63) is 46.8 Å². The number of halogens is 2. The molecule has 0 aliphatic heterocycles. The number of nitrogens with one attached hydrogen (secondary N) is 1. The number of hydrogen-bond donors (Lipinski definition) is 2. The Morgan fingerprint density at radius 3 is 2.50 bits per heavy atom. The number of nitrogen functional groups attached to an aromatic ring is 1. The molecule has 2 aromatic rings. The summed E-state index contributed by atoms with van der Waals surface area (Å²) in [6.45, 7) is 2.09. The SMILES string of the molecule is Cc1c(CNC(=O)c2cc(F)c(N)c(F)c2)cnn1C. The molecule has 1 aromatic heterocycles. The highest BCUT2D eigenvalue weighted by Crippen LogP contribution is 2.17. The molecule has 0 aliphatic carbocycles. The van der Waals surface area contributed by atoms with Gasteiger partial charge in [0.05, 0.1) is 6.20 Å². The standard InChI is InChI=1S/C13H14F2N4O/c1-7-9(6-18-19(7)2)5-17-13(20)8-3-10(14)12(16)11(15)4-8/h3-4,6H,5,16H2,1-2H3,(H,17,20). The van der Waals surface area contributed by atoms with E-state index in [0.717, 1.165) is 23.4 Å². The molecule has 0 unspecified atom stereocenters. The zero-order valence-electron chi connectivity index (χ0n) is 11.1. The molecular formula is C13H14F2N4O. The smallest absolute Gasteiger partial charge is 0.251 e. The predicted octanol–water partition coefficient (Wildman–Crippen LogP) is 1.52. The molecule has 3 N–H and O–H groups in total. The lowest BCUT2D eigenvalue weighted by Crippen LogP contribution is -2.23. The lowest BCUT2D eigenvalue weighted by Gasteiger charge is -2.07. The fourth-order valence-corrected chi connectivity index (χ4v) is 1.71. The van der Waals surface area contributed by atoms with Crippen molar-refractivity contribution in [1.82, 2.24) is 15.1 Å². The third-order valence-electron chi connectivity index (χ3n) is 3.12. The zero-order chi connectivity index (χ0) is 14.9. The Morgan fingerprint density at radius 2 is 2.00 bits per heavy atom. The van der Waals surface area contributed by atoms with Gasteiger partial charge in [-0.15, -0.1) is 0 Å². The van der Waals surface area contributed by atoms with Crippen LogP contribution in [-0.2, 0) is 13.6 Å². The molecule has 0 fully saturated rings. The fraction of sp³-hybridized carbons (Fsp3) is 0.231. The van der Waals surface area contributed by atoms with E-state index in [4.69, 9.17) is 5.73 Å². The second kappa shape index (κ2) is 5.28. The Labute approximate surface area is 114 Å². The van der Waals surface area contributed by atoms with Crippen LogP contribution in [0.15, 0.2) is 18.3 Å². The van der Waals surface area contributed by atoms with E-state index >= 15 is 0 Å². The van der Waals surface area contributed by atoms with E-state index in [-0.39, 0.29) is 12.1 Å². The van der Waals surface area contributed by atoms with Crippen LogP contribution in [0.3, 0.4) is 0 Å². The highest BCUT2D eigenvalue weighted by atomic mass is 19.1. The van der Waals surface area contributed by atoms with Gasteiger partial charge in [0.25, 0.3) is 5.91 Å². The van der Waals surface area contributed by atoms with E-state index in [0.29, 0.717) is 0 Å². The number of benzene rings is 1. The van der Waals surface area contributed by atoms with Gasteiger partial charge in [0.15, 0.2) is 0 Å². The van der Waals surface area contributed by atoms with Crippen LogP contribution in [0, 0.1) is 18.6 Å². The Morgan fingerprint density at radius 1 is 1.40 bits per heavy atom. The molecule has 20 heavy (non-hydrogen) atoms. The molecular weight excluding hydrogens is 266 g/mol. The summed E-state index contributed by atoms with van der Waals surface area (Å²) >= 11 is 0. The zero-order valence-corrected chi connectivity index (χ0v) is 11.1. The lowest BCUT2D eigenvalue weighted by atomic mass is 10.1. The summed E-state index contributed by atoms with van der Waals surface area (Å²) in [5.74, 6) is -2.48. The topological polar surface area (TPSA) is 72.9 Å². The minimum Gasteiger partial charge on any atom is -0.394 e. The quantitative estimate of drug-likeness (QED) is 0.837. The maximum Gasteiger partial charge on any atom is 0.251 e. The van der Waals surface area contributed by atoms with Crippen molar-refractivity contribution >= 4 is 11.6 Å². The second-order valence-electron chi connectivity index (χ2n) is 4.42. The number of nitrogens with two attached hydrogens (primary N) is 1. The van der Waals surface area contributed by atoms with Gasteiger partial charge in [-0.25, -0.2) is 8.78 Å². The van der Waals surface area contributed by atoms with Gasteiger partial charge < -0.3 is 11.1 Å². The number of carbonyl (C=O) groups is 1. The van der Waals surface area contributed by atoms with Gasteiger partial charge in [-0.2, -0.15) is 5.10 Å². The molecule has 1 aromatic carbocycles. The van der Waals surface area contributed by atoms with Crippen LogP contribution in [0.25, 0.3) is 0 Å². The minimum absolute atomic E-state index is 0.115. The number of amides is 1. The van der Waals surface area contributed by atoms with Crippen LogP contribution in [0.4, 0.5) is 14.5 Å². The maximum absolute atomic E-state index is 13.3. The van der Waals surface area contributed by atoms with Crippen molar-refractivity contribution in [2.75, 3.05) is 5.73 Å². The van der Waals surface area contributed by atoms with E-state index in [9.17, 15) is 13.6 Å². The fourth-order valence-electron chi connectivity index (χ4n) is 1.71. The molecule has 2 rings (SSSR count). The lowest BCUT2D eigenvalue weighted by molar-refractivity contribution is 0.0950. The van der Waals surface area contributed by atoms with Crippen LogP contribution < -0.4 is 11.1 Å². The predicted molar refractivity (Wildman–Crippen MR) is 69.9 cm³/mol. The Hall–Kier alpha value is -2.44. The monoisotopic (exact) mass is 280 g/mol. The van der Waals surface area contributed by atoms with Gasteiger partial charge in [0.2, 0.25) is 0 Å². The molecule has 0 bridgehead atoms. The average molecular weight is 280 g/mol. The molecule has 7 heteroatoms. The summed E-state index contributed by atoms with van der Waals surface area (Å²) in [6, 6.07) is 1.81. The number of hydrogen-bond acceptors (Lipinski definition) is 3. The largest absolute Gasteiger partial charge is 0.394 e. The molecule has 5 nitrogen and oxygen atoms in total. The van der Waals surface area contributed by atoms with E-state index in [1.165, 1.54) is 0 Å². The first-order valence-electron chi connectivity index (χ1n) is 5.90. The van der Waals surface area contributed by atoms with Crippen molar-refractivity contribution in [1.29, 1.82) is 0 Å². The van der Waals surface area contributed by atoms with Crippen molar-refractivity contribution in [2.45, 2.75) is 13.5 Å². The third kappa shape index (κ3) is 2.61.